The highest BCUT2D eigenvalue weighted by molar-refractivity contribution is 6.36. The number of likely N-dealkylation sites (tertiary alicyclic amines) is 1. The molecule has 2 N–H and O–H groups in total. The van der Waals surface area contributed by atoms with Crippen LogP contribution in [0.1, 0.15) is 24.5 Å². The lowest BCUT2D eigenvalue weighted by atomic mass is 9.96. The van der Waals surface area contributed by atoms with E-state index in [0.717, 1.165) is 45.7 Å². The lowest BCUT2D eigenvalue weighted by Gasteiger charge is -2.33. The molecule has 0 spiro atoms. The van der Waals surface area contributed by atoms with Gasteiger partial charge in [0, 0.05) is 62.7 Å². The molecule has 10 nitrogen and oxygen atoms in total. The molecule has 0 radical (unpaired) electrons. The van der Waals surface area contributed by atoms with Crippen molar-refractivity contribution in [2.24, 2.45) is 5.92 Å². The number of methoxy groups -OCH3 is 1. The van der Waals surface area contributed by atoms with Crippen LogP contribution in [0.4, 0.5) is 10.5 Å². The molecule has 43 heavy (non-hydrogen) atoms. The largest absolute Gasteiger partial charge is 0.481 e. The van der Waals surface area contributed by atoms with Crippen molar-refractivity contribution in [2.45, 2.75) is 32.4 Å². The molecule has 2 aliphatic heterocycles. The molecule has 5 rings (SSSR count). The van der Waals surface area contributed by atoms with Gasteiger partial charge in [0.1, 0.15) is 5.92 Å². The fraction of sp³-hybridized carbons (Fsp3) is 0.375. The Morgan fingerprint density at radius 3 is 2.51 bits per heavy atom. The first-order valence-corrected chi connectivity index (χ1v) is 14.5. The van der Waals surface area contributed by atoms with Gasteiger partial charge in [-0.25, -0.2) is 9.78 Å². The Kier molecular flexibility index (Phi) is 8.47. The molecule has 2 atom stereocenters. The van der Waals surface area contributed by atoms with E-state index in [2.05, 4.69) is 10.2 Å². The summed E-state index contributed by atoms with van der Waals surface area (Å²) in [5, 5.41) is 13.7. The molecule has 2 aromatic carbocycles. The van der Waals surface area contributed by atoms with Crippen molar-refractivity contribution in [3.63, 3.8) is 0 Å². The van der Waals surface area contributed by atoms with Crippen LogP contribution in [0.25, 0.3) is 22.4 Å². The number of urea groups is 1. The molecule has 0 saturated carbocycles. The van der Waals surface area contributed by atoms with Crippen molar-refractivity contribution in [3.05, 3.63) is 64.7 Å². The Labute approximate surface area is 256 Å². The number of anilines is 1. The van der Waals surface area contributed by atoms with Crippen LogP contribution in [-0.2, 0) is 16.1 Å². The van der Waals surface area contributed by atoms with Gasteiger partial charge in [0.25, 0.3) is 0 Å². The molecule has 3 heterocycles. The first-order chi connectivity index (χ1) is 20.4. The van der Waals surface area contributed by atoms with Crippen molar-refractivity contribution in [1.82, 2.24) is 19.7 Å². The van der Waals surface area contributed by atoms with Gasteiger partial charge < -0.3 is 20.1 Å². The van der Waals surface area contributed by atoms with Gasteiger partial charge in [0.15, 0.2) is 0 Å². The molecule has 2 fully saturated rings. The van der Waals surface area contributed by atoms with E-state index in [1.165, 1.54) is 11.9 Å². The number of rotatable bonds is 7. The van der Waals surface area contributed by atoms with E-state index < -0.39 is 29.4 Å². The van der Waals surface area contributed by atoms with Crippen molar-refractivity contribution in [1.29, 1.82) is 0 Å². The summed E-state index contributed by atoms with van der Waals surface area (Å²) in [6.45, 7) is 5.75. The van der Waals surface area contributed by atoms with Crippen molar-refractivity contribution in [3.8, 4) is 28.3 Å². The Bertz CT molecular complexity index is 1590. The lowest BCUT2D eigenvalue weighted by Crippen LogP contribution is -2.56. The highest BCUT2D eigenvalue weighted by Gasteiger charge is 2.39. The van der Waals surface area contributed by atoms with E-state index in [0.29, 0.717) is 35.4 Å². The van der Waals surface area contributed by atoms with Crippen LogP contribution in [0.5, 0.6) is 5.88 Å². The molecule has 226 valence electrons. The molecule has 11 heteroatoms. The Morgan fingerprint density at radius 1 is 1.12 bits per heavy atom. The maximum absolute atomic E-state index is 13.2. The van der Waals surface area contributed by atoms with E-state index in [9.17, 15) is 19.5 Å². The summed E-state index contributed by atoms with van der Waals surface area (Å²) in [4.78, 5) is 47.2. The molecule has 4 amide bonds. The summed E-state index contributed by atoms with van der Waals surface area (Å²) < 4.78 is 5.64. The monoisotopic (exact) mass is 605 g/mol. The quantitative estimate of drug-likeness (QED) is 0.383. The fourth-order valence-corrected chi connectivity index (χ4v) is 6.09. The van der Waals surface area contributed by atoms with Gasteiger partial charge in [0.2, 0.25) is 17.7 Å². The number of aliphatic hydroxyl groups is 1. The number of carbonyl (C=O) groups excluding carboxylic acids is 3. The number of halogens is 1. The highest BCUT2D eigenvalue weighted by atomic mass is 35.5. The Balaban J connectivity index is 1.40. The molecule has 1 aromatic heterocycles. The third-order valence-corrected chi connectivity index (χ3v) is 8.64. The summed E-state index contributed by atoms with van der Waals surface area (Å²) in [6, 6.07) is 14.7. The molecular weight excluding hydrogens is 570 g/mol. The smallest absolute Gasteiger partial charge is 0.326 e. The number of ether oxygens (including phenoxy) is 1. The standard InChI is InChI=1S/C32H36ClN5O5/c1-19-21(8-7-11-25(19)34-28(39)24-17-36(3)31(41)37(4)30(24)40)22-9-6-10-23(27(22)33)26-13-12-20(29(35-26)43-5)16-38-15-14-32(2,42)18-38/h6-13,24,42H,14-18H2,1-5H3,(H,34,39)/t24?,32-/m0/s1. The van der Waals surface area contributed by atoms with E-state index in [-0.39, 0.29) is 6.54 Å². The number of carbonyl (C=O) groups is 3. The Morgan fingerprint density at radius 2 is 1.81 bits per heavy atom. The zero-order valence-electron chi connectivity index (χ0n) is 25.0. The summed E-state index contributed by atoms with van der Waals surface area (Å²) in [5.74, 6) is -1.52. The zero-order valence-corrected chi connectivity index (χ0v) is 25.7. The predicted molar refractivity (Wildman–Crippen MR) is 165 cm³/mol. The fourth-order valence-electron chi connectivity index (χ4n) is 5.76. The highest BCUT2D eigenvalue weighted by Crippen LogP contribution is 2.39. The van der Waals surface area contributed by atoms with Crippen molar-refractivity contribution >= 4 is 35.1 Å². The molecule has 0 aliphatic carbocycles. The van der Waals surface area contributed by atoms with Crippen LogP contribution in [0, 0.1) is 12.8 Å². The van der Waals surface area contributed by atoms with Crippen LogP contribution in [0.15, 0.2) is 48.5 Å². The van der Waals surface area contributed by atoms with E-state index in [1.807, 2.05) is 56.3 Å². The first kappa shape index (κ1) is 30.5. The minimum absolute atomic E-state index is 0.00848. The van der Waals surface area contributed by atoms with E-state index >= 15 is 0 Å². The lowest BCUT2D eigenvalue weighted by molar-refractivity contribution is -0.140. The average molecular weight is 606 g/mol. The number of nitrogens with one attached hydrogen (secondary N) is 1. The SMILES string of the molecule is COc1nc(-c2cccc(-c3cccc(NC(=O)C4CN(C)C(=O)N(C)C4=O)c3C)c2Cl)ccc1CN1CC[C@](C)(O)C1. The Hall–Kier alpha value is -3.99. The molecule has 2 saturated heterocycles. The topological polar surface area (TPSA) is 115 Å². The zero-order chi connectivity index (χ0) is 31.1. The number of nitrogens with zero attached hydrogens (tertiary/aromatic N) is 4. The van der Waals surface area contributed by atoms with Gasteiger partial charge in [-0.15, -0.1) is 0 Å². The number of aromatic nitrogens is 1. The molecular formula is C32H36ClN5O5. The van der Waals surface area contributed by atoms with Crippen LogP contribution >= 0.6 is 11.6 Å². The minimum atomic E-state index is -1.01. The number of imide groups is 1. The summed E-state index contributed by atoms with van der Waals surface area (Å²) in [5.41, 5.74) is 4.51. The first-order valence-electron chi connectivity index (χ1n) is 14.1. The second kappa shape index (κ2) is 11.9. The third-order valence-electron chi connectivity index (χ3n) is 8.23. The summed E-state index contributed by atoms with van der Waals surface area (Å²) >= 11 is 7.01. The number of β-amino-alcohol motifs (C(OH)–C–C–N with tert-alkyl or cyclic N) is 1. The normalized spacial score (nSPS) is 21.0. The predicted octanol–water partition coefficient (Wildman–Crippen LogP) is 4.42. The summed E-state index contributed by atoms with van der Waals surface area (Å²) in [6.07, 6.45) is 0.724. The van der Waals surface area contributed by atoms with Gasteiger partial charge in [-0.3, -0.25) is 19.4 Å². The minimum Gasteiger partial charge on any atom is -0.481 e. The van der Waals surface area contributed by atoms with Gasteiger partial charge in [-0.05, 0) is 43.5 Å². The second-order valence-corrected chi connectivity index (χ2v) is 11.9. The number of pyridine rings is 1. The van der Waals surface area contributed by atoms with Gasteiger partial charge in [-0.2, -0.15) is 0 Å². The molecule has 1 unspecified atom stereocenters. The number of benzene rings is 2. The number of hydrogen-bond acceptors (Lipinski definition) is 7. The maximum Gasteiger partial charge on any atom is 0.326 e. The van der Waals surface area contributed by atoms with Crippen LogP contribution in [0.2, 0.25) is 5.02 Å². The molecule has 3 aromatic rings. The van der Waals surface area contributed by atoms with Gasteiger partial charge in [-0.1, -0.05) is 48.0 Å². The third kappa shape index (κ3) is 6.08. The van der Waals surface area contributed by atoms with Gasteiger partial charge in [0.05, 0.1) is 23.4 Å². The van der Waals surface area contributed by atoms with Crippen LogP contribution < -0.4 is 10.1 Å². The van der Waals surface area contributed by atoms with Crippen molar-refractivity contribution in [2.75, 3.05) is 46.2 Å². The maximum atomic E-state index is 13.2. The van der Waals surface area contributed by atoms with E-state index in [4.69, 9.17) is 21.3 Å². The molecule has 2 aliphatic rings. The molecule has 0 bridgehead atoms. The van der Waals surface area contributed by atoms with E-state index in [1.54, 1.807) is 20.2 Å². The van der Waals surface area contributed by atoms with Gasteiger partial charge >= 0.3 is 6.03 Å². The number of hydrogen-bond donors (Lipinski definition) is 2. The van der Waals surface area contributed by atoms with Crippen LogP contribution in [-0.4, -0.2) is 89.1 Å². The summed E-state index contributed by atoms with van der Waals surface area (Å²) in [7, 11) is 4.52. The average Bonchev–Trinajstić information content (AvgIpc) is 3.33. The van der Waals surface area contributed by atoms with Crippen LogP contribution in [0.3, 0.4) is 0 Å². The van der Waals surface area contributed by atoms with Crippen molar-refractivity contribution < 1.29 is 24.2 Å². The number of amides is 4. The second-order valence-electron chi connectivity index (χ2n) is 11.6.